The number of nitrogens with one attached hydrogen (secondary N) is 1. The highest BCUT2D eigenvalue weighted by Gasteiger charge is 2.23. The zero-order chi connectivity index (χ0) is 22.5. The number of ether oxygens (including phenoxy) is 2. The Morgan fingerprint density at radius 1 is 1.16 bits per heavy atom. The number of hydrogen-bond donors (Lipinski definition) is 1. The van der Waals surface area contributed by atoms with Crippen molar-refractivity contribution in [2.45, 2.75) is 32.5 Å². The predicted molar refractivity (Wildman–Crippen MR) is 110 cm³/mol. The maximum atomic E-state index is 12.3. The number of esters is 1. The summed E-state index contributed by atoms with van der Waals surface area (Å²) in [4.78, 5) is 38.0. The Hall–Kier alpha value is -3.20. The van der Waals surface area contributed by atoms with Gasteiger partial charge in [-0.25, -0.2) is 4.79 Å². The summed E-state index contributed by atoms with van der Waals surface area (Å²) >= 11 is 5.85. The minimum absolute atomic E-state index is 0.0366. The van der Waals surface area contributed by atoms with E-state index >= 15 is 0 Å². The van der Waals surface area contributed by atoms with Gasteiger partial charge < -0.3 is 19.7 Å². The molecule has 164 valence electrons. The van der Waals surface area contributed by atoms with Crippen LogP contribution in [0.3, 0.4) is 0 Å². The monoisotopic (exact) mass is 452 g/mol. The Morgan fingerprint density at radius 3 is 2.45 bits per heavy atom. The van der Waals surface area contributed by atoms with Crippen LogP contribution >= 0.6 is 11.6 Å². The first-order valence-electron chi connectivity index (χ1n) is 9.41. The van der Waals surface area contributed by atoms with Crippen LogP contribution in [0.25, 0.3) is 0 Å². The van der Waals surface area contributed by atoms with Crippen LogP contribution in [0.2, 0.25) is 5.02 Å². The van der Waals surface area contributed by atoms with Crippen LogP contribution in [0.15, 0.2) is 42.5 Å². The number of rotatable bonds is 7. The van der Waals surface area contributed by atoms with Gasteiger partial charge >= 0.3 is 12.6 Å². The molecule has 10 heteroatoms. The molecule has 1 saturated heterocycles. The van der Waals surface area contributed by atoms with Gasteiger partial charge in [-0.15, -0.1) is 0 Å². The Morgan fingerprint density at radius 2 is 1.87 bits per heavy atom. The standard InChI is InChI=1S/C21H19ClF2N2O5/c1-12(19(28)25-14-6-9-17(16(22)11-14)31-21(23)24)30-20(29)13-4-7-15(8-5-13)26-10-2-3-18(26)27/h4-9,11-12,21H,2-3,10H2,1H3,(H,25,28). The first-order valence-corrected chi connectivity index (χ1v) is 9.79. The molecule has 2 aromatic carbocycles. The van der Waals surface area contributed by atoms with Crippen molar-refractivity contribution in [2.24, 2.45) is 0 Å². The topological polar surface area (TPSA) is 84.9 Å². The van der Waals surface area contributed by atoms with Crippen LogP contribution in [-0.4, -0.2) is 37.0 Å². The van der Waals surface area contributed by atoms with Crippen LogP contribution in [-0.2, 0) is 14.3 Å². The Labute approximate surface area is 181 Å². The number of carbonyl (C=O) groups is 3. The van der Waals surface area contributed by atoms with Crippen molar-refractivity contribution in [1.82, 2.24) is 0 Å². The summed E-state index contributed by atoms with van der Waals surface area (Å²) in [6, 6.07) is 10.1. The number of halogens is 3. The number of benzene rings is 2. The van der Waals surface area contributed by atoms with Gasteiger partial charge in [0.2, 0.25) is 5.91 Å². The van der Waals surface area contributed by atoms with Gasteiger partial charge in [0.25, 0.3) is 5.91 Å². The molecule has 1 unspecified atom stereocenters. The summed E-state index contributed by atoms with van der Waals surface area (Å²) in [5.41, 5.74) is 1.15. The van der Waals surface area contributed by atoms with Crippen molar-refractivity contribution in [3.63, 3.8) is 0 Å². The van der Waals surface area contributed by atoms with Crippen molar-refractivity contribution in [2.75, 3.05) is 16.8 Å². The van der Waals surface area contributed by atoms with Gasteiger partial charge in [-0.1, -0.05) is 11.6 Å². The average Bonchev–Trinajstić information content (AvgIpc) is 3.15. The van der Waals surface area contributed by atoms with Crippen LogP contribution in [0.5, 0.6) is 5.75 Å². The van der Waals surface area contributed by atoms with Crippen LogP contribution in [0, 0.1) is 0 Å². The van der Waals surface area contributed by atoms with Gasteiger partial charge in [0.15, 0.2) is 6.10 Å². The van der Waals surface area contributed by atoms with E-state index in [0.717, 1.165) is 6.42 Å². The number of nitrogens with zero attached hydrogens (tertiary/aromatic N) is 1. The highest BCUT2D eigenvalue weighted by atomic mass is 35.5. The maximum absolute atomic E-state index is 12.3. The molecule has 1 aliphatic heterocycles. The lowest BCUT2D eigenvalue weighted by Crippen LogP contribution is -2.30. The van der Waals surface area contributed by atoms with Crippen molar-refractivity contribution in [3.05, 3.63) is 53.1 Å². The minimum Gasteiger partial charge on any atom is -0.449 e. The molecule has 2 aromatic rings. The van der Waals surface area contributed by atoms with Gasteiger partial charge in [-0.05, 0) is 55.8 Å². The summed E-state index contributed by atoms with van der Waals surface area (Å²) in [6.07, 6.45) is 0.162. The molecule has 1 heterocycles. The molecule has 3 rings (SSSR count). The zero-order valence-electron chi connectivity index (χ0n) is 16.4. The molecule has 1 fully saturated rings. The smallest absolute Gasteiger partial charge is 0.387 e. The van der Waals surface area contributed by atoms with E-state index in [4.69, 9.17) is 16.3 Å². The second kappa shape index (κ2) is 9.74. The van der Waals surface area contributed by atoms with Crippen molar-refractivity contribution < 1.29 is 32.6 Å². The molecular weight excluding hydrogens is 434 g/mol. The maximum Gasteiger partial charge on any atom is 0.387 e. The van der Waals surface area contributed by atoms with Gasteiger partial charge in [0.05, 0.1) is 10.6 Å². The molecule has 0 spiro atoms. The average molecular weight is 453 g/mol. The highest BCUT2D eigenvalue weighted by Crippen LogP contribution is 2.29. The third-order valence-electron chi connectivity index (χ3n) is 4.56. The van der Waals surface area contributed by atoms with Gasteiger partial charge in [0, 0.05) is 24.3 Å². The Bertz CT molecular complexity index is 984. The number of hydrogen-bond acceptors (Lipinski definition) is 5. The molecule has 1 N–H and O–H groups in total. The molecule has 0 bridgehead atoms. The number of anilines is 2. The Balaban J connectivity index is 1.57. The van der Waals surface area contributed by atoms with E-state index in [9.17, 15) is 23.2 Å². The molecule has 1 atom stereocenters. The van der Waals surface area contributed by atoms with E-state index in [0.29, 0.717) is 18.7 Å². The van der Waals surface area contributed by atoms with Crippen LogP contribution in [0.4, 0.5) is 20.2 Å². The Kier molecular flexibility index (Phi) is 7.06. The van der Waals surface area contributed by atoms with E-state index < -0.39 is 24.6 Å². The number of amides is 2. The quantitative estimate of drug-likeness (QED) is 0.635. The molecule has 0 aromatic heterocycles. The summed E-state index contributed by atoms with van der Waals surface area (Å²) < 4.78 is 34.0. The summed E-state index contributed by atoms with van der Waals surface area (Å²) in [5.74, 6) is -1.53. The largest absolute Gasteiger partial charge is 0.449 e. The van der Waals surface area contributed by atoms with Crippen molar-refractivity contribution >= 4 is 40.8 Å². The summed E-state index contributed by atoms with van der Waals surface area (Å²) in [6.45, 7) is -0.998. The highest BCUT2D eigenvalue weighted by molar-refractivity contribution is 6.32. The SMILES string of the molecule is CC(OC(=O)c1ccc(N2CCCC2=O)cc1)C(=O)Nc1ccc(OC(F)F)c(Cl)c1. The molecule has 2 amide bonds. The van der Waals surface area contributed by atoms with Crippen LogP contribution in [0.1, 0.15) is 30.1 Å². The fourth-order valence-corrected chi connectivity index (χ4v) is 3.22. The second-order valence-electron chi connectivity index (χ2n) is 6.76. The molecule has 1 aliphatic rings. The lowest BCUT2D eigenvalue weighted by atomic mass is 10.2. The second-order valence-corrected chi connectivity index (χ2v) is 7.16. The fourth-order valence-electron chi connectivity index (χ4n) is 2.99. The van der Waals surface area contributed by atoms with E-state index in [2.05, 4.69) is 10.1 Å². The summed E-state index contributed by atoms with van der Waals surface area (Å²) in [5, 5.41) is 2.37. The first-order chi connectivity index (χ1) is 14.7. The summed E-state index contributed by atoms with van der Waals surface area (Å²) in [7, 11) is 0. The zero-order valence-corrected chi connectivity index (χ0v) is 17.2. The molecule has 0 aliphatic carbocycles. The van der Waals surface area contributed by atoms with Crippen molar-refractivity contribution in [3.8, 4) is 5.75 Å². The first kappa shape index (κ1) is 22.5. The molecule has 31 heavy (non-hydrogen) atoms. The molecular formula is C21H19ClF2N2O5. The van der Waals surface area contributed by atoms with Gasteiger partial charge in [-0.3, -0.25) is 9.59 Å². The lowest BCUT2D eigenvalue weighted by molar-refractivity contribution is -0.123. The fraction of sp³-hybridized carbons (Fsp3) is 0.286. The lowest BCUT2D eigenvalue weighted by Gasteiger charge is -2.17. The van der Waals surface area contributed by atoms with Crippen molar-refractivity contribution in [1.29, 1.82) is 0 Å². The molecule has 7 nitrogen and oxygen atoms in total. The molecule has 0 radical (unpaired) electrons. The molecule has 0 saturated carbocycles. The number of carbonyl (C=O) groups excluding carboxylic acids is 3. The van der Waals surface area contributed by atoms with E-state index in [1.54, 1.807) is 17.0 Å². The van der Waals surface area contributed by atoms with E-state index in [1.165, 1.54) is 37.3 Å². The normalized spacial score (nSPS) is 14.5. The van der Waals surface area contributed by atoms with E-state index in [-0.39, 0.29) is 27.9 Å². The third-order valence-corrected chi connectivity index (χ3v) is 4.85. The van der Waals surface area contributed by atoms with Gasteiger partial charge in [-0.2, -0.15) is 8.78 Å². The van der Waals surface area contributed by atoms with Gasteiger partial charge in [0.1, 0.15) is 5.75 Å². The number of alkyl halides is 2. The van der Waals surface area contributed by atoms with Crippen LogP contribution < -0.4 is 15.0 Å². The van der Waals surface area contributed by atoms with E-state index in [1.807, 2.05) is 0 Å². The minimum atomic E-state index is -3.03. The third kappa shape index (κ3) is 5.69. The predicted octanol–water partition coefficient (Wildman–Crippen LogP) is 4.25.